The molecule has 0 fully saturated rings. The van der Waals surface area contributed by atoms with Crippen molar-refractivity contribution in [2.24, 2.45) is 0 Å². The Hall–Kier alpha value is -1.57. The fourth-order valence-corrected chi connectivity index (χ4v) is 2.85. The van der Waals surface area contributed by atoms with Gasteiger partial charge in [-0.05, 0) is 56.4 Å². The van der Waals surface area contributed by atoms with Crippen LogP contribution in [0.15, 0.2) is 12.1 Å². The number of aromatic nitrogens is 1. The fourth-order valence-electron chi connectivity index (χ4n) is 2.85. The Morgan fingerprint density at radius 3 is 2.62 bits per heavy atom. The van der Waals surface area contributed by atoms with E-state index in [1.165, 1.54) is 24.0 Å². The lowest BCUT2D eigenvalue weighted by atomic mass is 10.0. The second kappa shape index (κ2) is 3.21. The summed E-state index contributed by atoms with van der Waals surface area (Å²) >= 11 is 0. The van der Waals surface area contributed by atoms with Gasteiger partial charge in [-0.1, -0.05) is 0 Å². The number of carbonyl (C=O) groups excluding carboxylic acids is 1. The van der Waals surface area contributed by atoms with Crippen molar-refractivity contribution in [2.75, 3.05) is 0 Å². The van der Waals surface area contributed by atoms with Crippen molar-refractivity contribution in [3.8, 4) is 0 Å². The molecule has 0 bridgehead atoms. The maximum Gasteiger partial charge on any atom is 0.162 e. The average molecular weight is 213 g/mol. The third-order valence-electron chi connectivity index (χ3n) is 3.55. The number of hydrogen-bond donors (Lipinski definition) is 1. The lowest BCUT2D eigenvalue weighted by Gasteiger charge is -2.00. The van der Waals surface area contributed by atoms with Crippen molar-refractivity contribution in [3.05, 3.63) is 34.5 Å². The highest BCUT2D eigenvalue weighted by Gasteiger charge is 2.17. The van der Waals surface area contributed by atoms with E-state index in [0.717, 1.165) is 28.6 Å². The first-order chi connectivity index (χ1) is 7.66. The van der Waals surface area contributed by atoms with E-state index in [2.05, 4.69) is 17.1 Å². The Morgan fingerprint density at radius 2 is 1.94 bits per heavy atom. The number of nitrogens with one attached hydrogen (secondary N) is 1. The molecular weight excluding hydrogens is 198 g/mol. The summed E-state index contributed by atoms with van der Waals surface area (Å²) in [5.41, 5.74) is 5.84. The molecule has 1 aliphatic carbocycles. The van der Waals surface area contributed by atoms with Crippen LogP contribution >= 0.6 is 0 Å². The van der Waals surface area contributed by atoms with Gasteiger partial charge in [-0.2, -0.15) is 0 Å². The number of benzene rings is 1. The number of aryl methyl sites for hydroxylation is 3. The molecule has 1 N–H and O–H groups in total. The van der Waals surface area contributed by atoms with Gasteiger partial charge in [0.25, 0.3) is 0 Å². The molecule has 1 heterocycles. The minimum atomic E-state index is 0.154. The summed E-state index contributed by atoms with van der Waals surface area (Å²) < 4.78 is 0. The second-order valence-electron chi connectivity index (χ2n) is 4.70. The Labute approximate surface area is 94.7 Å². The molecule has 0 saturated heterocycles. The highest BCUT2D eigenvalue weighted by atomic mass is 16.1. The van der Waals surface area contributed by atoms with Gasteiger partial charge in [0, 0.05) is 22.2 Å². The number of H-pyrrole nitrogens is 1. The maximum absolute atomic E-state index is 11.6. The molecule has 0 radical (unpaired) electrons. The zero-order valence-corrected chi connectivity index (χ0v) is 9.68. The summed E-state index contributed by atoms with van der Waals surface area (Å²) in [6.07, 6.45) is 3.59. The summed E-state index contributed by atoms with van der Waals surface area (Å²) in [5, 5.41) is 1.10. The van der Waals surface area contributed by atoms with Gasteiger partial charge in [0.15, 0.2) is 5.78 Å². The normalized spacial score (nSPS) is 14.4. The maximum atomic E-state index is 11.6. The molecule has 2 heteroatoms. The molecule has 0 atom stereocenters. The number of carbonyl (C=O) groups is 1. The Morgan fingerprint density at radius 1 is 1.25 bits per heavy atom. The van der Waals surface area contributed by atoms with E-state index in [4.69, 9.17) is 0 Å². The monoisotopic (exact) mass is 213 g/mol. The van der Waals surface area contributed by atoms with Crippen LogP contribution in [0.5, 0.6) is 0 Å². The fraction of sp³-hybridized carbons (Fsp3) is 0.357. The molecule has 0 amide bonds. The van der Waals surface area contributed by atoms with E-state index in [1.807, 2.05) is 6.92 Å². The number of ketones is 1. The SMILES string of the molecule is CC(=O)c1c(C)[nH]c2cc3c(cc12)CCC3. The van der Waals surface area contributed by atoms with E-state index in [1.54, 1.807) is 6.92 Å². The zero-order valence-electron chi connectivity index (χ0n) is 9.68. The van der Waals surface area contributed by atoms with E-state index in [9.17, 15) is 4.79 Å². The molecule has 16 heavy (non-hydrogen) atoms. The topological polar surface area (TPSA) is 32.9 Å². The number of aromatic amines is 1. The molecule has 82 valence electrons. The van der Waals surface area contributed by atoms with Gasteiger partial charge >= 0.3 is 0 Å². The van der Waals surface area contributed by atoms with Crippen molar-refractivity contribution in [1.29, 1.82) is 0 Å². The summed E-state index contributed by atoms with van der Waals surface area (Å²) in [6.45, 7) is 3.62. The third kappa shape index (κ3) is 1.22. The van der Waals surface area contributed by atoms with Crippen molar-refractivity contribution in [1.82, 2.24) is 4.98 Å². The van der Waals surface area contributed by atoms with Crippen LogP contribution in [-0.2, 0) is 12.8 Å². The van der Waals surface area contributed by atoms with Crippen LogP contribution in [0.2, 0.25) is 0 Å². The number of rotatable bonds is 1. The largest absolute Gasteiger partial charge is 0.358 e. The quantitative estimate of drug-likeness (QED) is 0.725. The lowest BCUT2D eigenvalue weighted by molar-refractivity contribution is 0.101. The first-order valence-corrected chi connectivity index (χ1v) is 5.82. The van der Waals surface area contributed by atoms with Crippen LogP contribution < -0.4 is 0 Å². The van der Waals surface area contributed by atoms with Gasteiger partial charge in [-0.3, -0.25) is 4.79 Å². The van der Waals surface area contributed by atoms with Gasteiger partial charge < -0.3 is 4.98 Å². The molecule has 3 rings (SSSR count). The summed E-state index contributed by atoms with van der Waals surface area (Å²) in [6, 6.07) is 4.43. The predicted molar refractivity (Wildman–Crippen MR) is 65.1 cm³/mol. The first-order valence-electron chi connectivity index (χ1n) is 5.82. The second-order valence-corrected chi connectivity index (χ2v) is 4.70. The van der Waals surface area contributed by atoms with Crippen molar-refractivity contribution < 1.29 is 4.79 Å². The Bertz CT molecular complexity index is 592. The molecule has 0 saturated carbocycles. The molecule has 1 aromatic heterocycles. The molecule has 2 nitrogen and oxygen atoms in total. The molecule has 1 aromatic carbocycles. The molecule has 0 unspecified atom stereocenters. The van der Waals surface area contributed by atoms with Gasteiger partial charge in [0.2, 0.25) is 0 Å². The zero-order chi connectivity index (χ0) is 11.3. The molecule has 0 spiro atoms. The van der Waals surface area contributed by atoms with Gasteiger partial charge in [-0.15, -0.1) is 0 Å². The standard InChI is InChI=1S/C14H15NO/c1-8-14(9(2)16)12-6-10-4-3-5-11(10)7-13(12)15-8/h6-7,15H,3-5H2,1-2H3. The minimum absolute atomic E-state index is 0.154. The summed E-state index contributed by atoms with van der Waals surface area (Å²) in [4.78, 5) is 14.9. The van der Waals surface area contributed by atoms with Crippen molar-refractivity contribution in [2.45, 2.75) is 33.1 Å². The van der Waals surface area contributed by atoms with E-state index in [0.29, 0.717) is 0 Å². The minimum Gasteiger partial charge on any atom is -0.358 e. The Balaban J connectivity index is 2.36. The Kier molecular flexibility index (Phi) is 1.93. The molecule has 2 aromatic rings. The van der Waals surface area contributed by atoms with Crippen LogP contribution in [0, 0.1) is 6.92 Å². The molecule has 0 aliphatic heterocycles. The highest BCUT2D eigenvalue weighted by Crippen LogP contribution is 2.30. The highest BCUT2D eigenvalue weighted by molar-refractivity contribution is 6.08. The van der Waals surface area contributed by atoms with Crippen LogP contribution in [0.4, 0.5) is 0 Å². The van der Waals surface area contributed by atoms with Gasteiger partial charge in [0.05, 0.1) is 0 Å². The third-order valence-corrected chi connectivity index (χ3v) is 3.55. The van der Waals surface area contributed by atoms with Crippen LogP contribution in [0.3, 0.4) is 0 Å². The van der Waals surface area contributed by atoms with Crippen LogP contribution in [0.25, 0.3) is 10.9 Å². The van der Waals surface area contributed by atoms with Crippen LogP contribution in [0.1, 0.15) is 40.5 Å². The van der Waals surface area contributed by atoms with Crippen molar-refractivity contribution >= 4 is 16.7 Å². The smallest absolute Gasteiger partial charge is 0.162 e. The van der Waals surface area contributed by atoms with E-state index in [-0.39, 0.29) is 5.78 Å². The van der Waals surface area contributed by atoms with Crippen molar-refractivity contribution in [3.63, 3.8) is 0 Å². The van der Waals surface area contributed by atoms with E-state index < -0.39 is 0 Å². The molecule has 1 aliphatic rings. The predicted octanol–water partition coefficient (Wildman–Crippen LogP) is 3.17. The number of Topliss-reactive ketones (excluding diaryl/α,β-unsaturated/α-hetero) is 1. The number of fused-ring (bicyclic) bond motifs is 2. The van der Waals surface area contributed by atoms with Gasteiger partial charge in [-0.25, -0.2) is 0 Å². The average Bonchev–Trinajstić information content (AvgIpc) is 2.75. The van der Waals surface area contributed by atoms with E-state index >= 15 is 0 Å². The molecular formula is C14H15NO. The summed E-state index contributed by atoms with van der Waals surface area (Å²) in [7, 11) is 0. The first kappa shape index (κ1) is 9.64. The number of hydrogen-bond acceptors (Lipinski definition) is 1. The summed E-state index contributed by atoms with van der Waals surface area (Å²) in [5.74, 6) is 0.154. The lowest BCUT2D eigenvalue weighted by Crippen LogP contribution is -1.93. The van der Waals surface area contributed by atoms with Gasteiger partial charge in [0.1, 0.15) is 0 Å². The van der Waals surface area contributed by atoms with Crippen LogP contribution in [-0.4, -0.2) is 10.8 Å².